The van der Waals surface area contributed by atoms with Crippen LogP contribution in [0.5, 0.6) is 11.5 Å². The van der Waals surface area contributed by atoms with E-state index in [1.54, 1.807) is 13.8 Å². The lowest BCUT2D eigenvalue weighted by Crippen LogP contribution is -2.28. The molecule has 0 radical (unpaired) electrons. The summed E-state index contributed by atoms with van der Waals surface area (Å²) < 4.78 is 10.7. The van der Waals surface area contributed by atoms with Crippen molar-refractivity contribution in [2.45, 2.75) is 32.1 Å². The standard InChI is InChI=1S/C29H26O4/c1-19(2)27(30)32-25-13-9-23(10-14-25)29(17-21-7-5-6-8-22(21)18-29)24-11-15-26(16-12-24)33-28(31)20(3)4/h5-16H,1,3,17-18H2,2,4H3. The molecule has 166 valence electrons. The summed E-state index contributed by atoms with van der Waals surface area (Å²) >= 11 is 0. The molecule has 3 aromatic carbocycles. The Balaban J connectivity index is 1.69. The Kier molecular flexibility index (Phi) is 6.01. The highest BCUT2D eigenvalue weighted by Crippen LogP contribution is 2.45. The Labute approximate surface area is 194 Å². The molecule has 0 saturated carbocycles. The molecular weight excluding hydrogens is 412 g/mol. The van der Waals surface area contributed by atoms with E-state index < -0.39 is 11.9 Å². The van der Waals surface area contributed by atoms with Crippen molar-refractivity contribution in [2.75, 3.05) is 0 Å². The van der Waals surface area contributed by atoms with Crippen molar-refractivity contribution in [3.63, 3.8) is 0 Å². The van der Waals surface area contributed by atoms with E-state index in [1.165, 1.54) is 11.1 Å². The molecular formula is C29H26O4. The van der Waals surface area contributed by atoms with Gasteiger partial charge >= 0.3 is 11.9 Å². The minimum atomic E-state index is -0.439. The zero-order valence-corrected chi connectivity index (χ0v) is 18.9. The largest absolute Gasteiger partial charge is 0.423 e. The molecule has 4 rings (SSSR count). The molecule has 3 aromatic rings. The van der Waals surface area contributed by atoms with E-state index in [0.29, 0.717) is 22.6 Å². The highest BCUT2D eigenvalue weighted by Gasteiger charge is 2.40. The predicted molar refractivity (Wildman–Crippen MR) is 128 cm³/mol. The van der Waals surface area contributed by atoms with Crippen molar-refractivity contribution >= 4 is 11.9 Å². The molecule has 0 atom stereocenters. The molecule has 4 nitrogen and oxygen atoms in total. The molecule has 0 heterocycles. The second-order valence-electron chi connectivity index (χ2n) is 8.59. The fourth-order valence-electron chi connectivity index (χ4n) is 4.26. The molecule has 33 heavy (non-hydrogen) atoms. The minimum Gasteiger partial charge on any atom is -0.423 e. The molecule has 4 heteroatoms. The Morgan fingerprint density at radius 3 is 1.36 bits per heavy atom. The zero-order valence-electron chi connectivity index (χ0n) is 18.9. The van der Waals surface area contributed by atoms with Crippen molar-refractivity contribution in [3.8, 4) is 11.5 Å². The Hall–Kier alpha value is -3.92. The molecule has 0 fully saturated rings. The average molecular weight is 439 g/mol. The third-order valence-corrected chi connectivity index (χ3v) is 6.03. The lowest BCUT2D eigenvalue weighted by Gasteiger charge is -2.31. The van der Waals surface area contributed by atoms with Gasteiger partial charge in [-0.1, -0.05) is 61.7 Å². The van der Waals surface area contributed by atoms with Crippen LogP contribution in [-0.2, 0) is 27.8 Å². The van der Waals surface area contributed by atoms with Gasteiger partial charge < -0.3 is 9.47 Å². The van der Waals surface area contributed by atoms with Crippen molar-refractivity contribution in [3.05, 3.63) is 119 Å². The number of hydrogen-bond acceptors (Lipinski definition) is 4. The maximum atomic E-state index is 11.9. The quantitative estimate of drug-likeness (QED) is 0.280. The summed E-state index contributed by atoms with van der Waals surface area (Å²) in [5.41, 5.74) is 5.31. The van der Waals surface area contributed by atoms with Crippen molar-refractivity contribution in [1.29, 1.82) is 0 Å². The highest BCUT2D eigenvalue weighted by atomic mass is 16.5. The molecule has 1 aliphatic rings. The van der Waals surface area contributed by atoms with Crippen LogP contribution in [0.4, 0.5) is 0 Å². The lowest BCUT2D eigenvalue weighted by molar-refractivity contribution is -0.130. The molecule has 0 bridgehead atoms. The number of hydrogen-bond donors (Lipinski definition) is 0. The number of benzene rings is 3. The first-order valence-electron chi connectivity index (χ1n) is 10.8. The van der Waals surface area contributed by atoms with Crippen LogP contribution in [0, 0.1) is 0 Å². The van der Waals surface area contributed by atoms with E-state index >= 15 is 0 Å². The van der Waals surface area contributed by atoms with Gasteiger partial charge in [0.15, 0.2) is 0 Å². The van der Waals surface area contributed by atoms with Gasteiger partial charge in [-0.2, -0.15) is 0 Å². The Morgan fingerprint density at radius 1 is 0.667 bits per heavy atom. The maximum absolute atomic E-state index is 11.9. The van der Waals surface area contributed by atoms with Crippen LogP contribution in [0.15, 0.2) is 97.1 Å². The van der Waals surface area contributed by atoms with Gasteiger partial charge in [-0.3, -0.25) is 0 Å². The Bertz CT molecular complexity index is 1130. The van der Waals surface area contributed by atoms with Crippen molar-refractivity contribution in [1.82, 2.24) is 0 Å². The first-order chi connectivity index (χ1) is 15.8. The number of rotatable bonds is 6. The second kappa shape index (κ2) is 8.91. The summed E-state index contributed by atoms with van der Waals surface area (Å²) in [4.78, 5) is 23.7. The minimum absolute atomic E-state index is 0.280. The summed E-state index contributed by atoms with van der Waals surface area (Å²) in [6.07, 6.45) is 1.69. The highest BCUT2D eigenvalue weighted by molar-refractivity contribution is 5.89. The number of fused-ring (bicyclic) bond motifs is 1. The molecule has 0 aliphatic heterocycles. The molecule has 0 saturated heterocycles. The SMILES string of the molecule is C=C(C)C(=O)Oc1ccc(C2(c3ccc(OC(=O)C(=C)C)cc3)Cc3ccccc3C2)cc1. The number of ether oxygens (including phenoxy) is 2. The van der Waals surface area contributed by atoms with Gasteiger partial charge in [0, 0.05) is 16.6 Å². The van der Waals surface area contributed by atoms with Gasteiger partial charge in [-0.25, -0.2) is 9.59 Å². The van der Waals surface area contributed by atoms with Gasteiger partial charge in [-0.15, -0.1) is 0 Å². The van der Waals surface area contributed by atoms with Crippen LogP contribution in [-0.4, -0.2) is 11.9 Å². The van der Waals surface area contributed by atoms with Crippen LogP contribution < -0.4 is 9.47 Å². The van der Waals surface area contributed by atoms with Crippen LogP contribution >= 0.6 is 0 Å². The van der Waals surface area contributed by atoms with E-state index in [-0.39, 0.29) is 5.41 Å². The number of carbonyl (C=O) groups excluding carboxylic acids is 2. The van der Waals surface area contributed by atoms with Crippen LogP contribution in [0.1, 0.15) is 36.1 Å². The van der Waals surface area contributed by atoms with E-state index in [2.05, 4.69) is 37.4 Å². The van der Waals surface area contributed by atoms with E-state index in [0.717, 1.165) is 24.0 Å². The van der Waals surface area contributed by atoms with Gasteiger partial charge in [0.25, 0.3) is 0 Å². The summed E-state index contributed by atoms with van der Waals surface area (Å²) in [6, 6.07) is 23.8. The molecule has 0 spiro atoms. The third-order valence-electron chi connectivity index (χ3n) is 6.03. The van der Waals surface area contributed by atoms with Gasteiger partial charge in [0.05, 0.1) is 0 Å². The summed E-state index contributed by atoms with van der Waals surface area (Å²) in [7, 11) is 0. The fourth-order valence-corrected chi connectivity index (χ4v) is 4.26. The van der Waals surface area contributed by atoms with Crippen molar-refractivity contribution in [2.24, 2.45) is 0 Å². The molecule has 1 aliphatic carbocycles. The summed E-state index contributed by atoms with van der Waals surface area (Å²) in [5, 5.41) is 0. The zero-order chi connectivity index (χ0) is 23.6. The van der Waals surface area contributed by atoms with Crippen LogP contribution in [0.25, 0.3) is 0 Å². The fraction of sp³-hybridized carbons (Fsp3) is 0.172. The number of esters is 2. The monoisotopic (exact) mass is 438 g/mol. The first-order valence-corrected chi connectivity index (χ1v) is 10.8. The van der Waals surface area contributed by atoms with Gasteiger partial charge in [0.2, 0.25) is 0 Å². The first kappa shape index (κ1) is 22.3. The summed E-state index contributed by atoms with van der Waals surface area (Å²) in [6.45, 7) is 10.5. The van der Waals surface area contributed by atoms with Gasteiger partial charge in [0.1, 0.15) is 11.5 Å². The second-order valence-corrected chi connectivity index (χ2v) is 8.59. The van der Waals surface area contributed by atoms with E-state index in [9.17, 15) is 9.59 Å². The average Bonchev–Trinajstić information content (AvgIpc) is 3.20. The molecule has 0 unspecified atom stereocenters. The molecule has 0 aromatic heterocycles. The van der Waals surface area contributed by atoms with Crippen molar-refractivity contribution < 1.29 is 19.1 Å². The van der Waals surface area contributed by atoms with Crippen LogP contribution in [0.2, 0.25) is 0 Å². The predicted octanol–water partition coefficient (Wildman–Crippen LogP) is 5.73. The molecule has 0 N–H and O–H groups in total. The van der Waals surface area contributed by atoms with Gasteiger partial charge in [-0.05, 0) is 73.2 Å². The van der Waals surface area contributed by atoms with E-state index in [4.69, 9.17) is 9.47 Å². The number of carbonyl (C=O) groups is 2. The maximum Gasteiger partial charge on any atom is 0.338 e. The smallest absolute Gasteiger partial charge is 0.338 e. The summed E-state index contributed by atoms with van der Waals surface area (Å²) in [5.74, 6) is 0.0928. The van der Waals surface area contributed by atoms with E-state index in [1.807, 2.05) is 48.5 Å². The topological polar surface area (TPSA) is 52.6 Å². The molecule has 0 amide bonds. The third kappa shape index (κ3) is 4.51. The van der Waals surface area contributed by atoms with Crippen LogP contribution in [0.3, 0.4) is 0 Å². The normalized spacial score (nSPS) is 13.6. The lowest BCUT2D eigenvalue weighted by atomic mass is 9.72. The Morgan fingerprint density at radius 2 is 1.03 bits per heavy atom.